The Hall–Kier alpha value is -1.91. The molecule has 0 amide bonds. The van der Waals surface area contributed by atoms with Gasteiger partial charge in [-0.15, -0.1) is 0 Å². The van der Waals surface area contributed by atoms with Crippen molar-refractivity contribution in [3.63, 3.8) is 0 Å². The van der Waals surface area contributed by atoms with Gasteiger partial charge in [0.2, 0.25) is 0 Å². The molecule has 1 atom stereocenters. The standard InChI is InChI=1S/C18H20FNO2/c19-18-9-5-4-6-15(18)12-20-10-11-21-14-17(13-20)22-16-7-2-1-3-8-16/h1-9,17H,10-14H2. The van der Waals surface area contributed by atoms with E-state index in [0.717, 1.165) is 18.8 Å². The molecule has 3 nitrogen and oxygen atoms in total. The molecule has 116 valence electrons. The Balaban J connectivity index is 1.64. The molecule has 0 saturated carbocycles. The van der Waals surface area contributed by atoms with Crippen LogP contribution in [0.4, 0.5) is 4.39 Å². The summed E-state index contributed by atoms with van der Waals surface area (Å²) in [5.41, 5.74) is 0.711. The average Bonchev–Trinajstić information content (AvgIpc) is 2.76. The third kappa shape index (κ3) is 4.06. The number of para-hydroxylation sites is 1. The minimum absolute atomic E-state index is 0.0447. The van der Waals surface area contributed by atoms with Crippen LogP contribution in [0.2, 0.25) is 0 Å². The van der Waals surface area contributed by atoms with Crippen LogP contribution < -0.4 is 4.74 Å². The van der Waals surface area contributed by atoms with Gasteiger partial charge < -0.3 is 9.47 Å². The third-order valence-corrected chi connectivity index (χ3v) is 3.72. The molecule has 3 rings (SSSR count). The van der Waals surface area contributed by atoms with E-state index in [0.29, 0.717) is 25.3 Å². The maximum Gasteiger partial charge on any atom is 0.135 e. The molecule has 1 saturated heterocycles. The lowest BCUT2D eigenvalue weighted by Gasteiger charge is -2.24. The number of hydrogen-bond donors (Lipinski definition) is 0. The zero-order valence-electron chi connectivity index (χ0n) is 12.5. The summed E-state index contributed by atoms with van der Waals surface area (Å²) in [4.78, 5) is 2.18. The van der Waals surface area contributed by atoms with Gasteiger partial charge in [-0.05, 0) is 18.2 Å². The van der Waals surface area contributed by atoms with Crippen LogP contribution in [-0.4, -0.2) is 37.3 Å². The minimum atomic E-state index is -0.159. The van der Waals surface area contributed by atoms with Gasteiger partial charge in [-0.25, -0.2) is 4.39 Å². The van der Waals surface area contributed by atoms with Crippen molar-refractivity contribution in [2.24, 2.45) is 0 Å². The lowest BCUT2D eigenvalue weighted by atomic mass is 10.2. The van der Waals surface area contributed by atoms with Gasteiger partial charge in [-0.1, -0.05) is 36.4 Å². The first-order valence-corrected chi connectivity index (χ1v) is 7.56. The van der Waals surface area contributed by atoms with Crippen molar-refractivity contribution in [2.45, 2.75) is 12.6 Å². The number of hydrogen-bond acceptors (Lipinski definition) is 3. The van der Waals surface area contributed by atoms with Gasteiger partial charge in [0.15, 0.2) is 0 Å². The molecule has 0 aliphatic carbocycles. The summed E-state index contributed by atoms with van der Waals surface area (Å²) in [6, 6.07) is 16.6. The SMILES string of the molecule is Fc1ccccc1CN1CCOCC(Oc2ccccc2)C1. The highest BCUT2D eigenvalue weighted by molar-refractivity contribution is 5.21. The second-order valence-electron chi connectivity index (χ2n) is 5.45. The van der Waals surface area contributed by atoms with Crippen molar-refractivity contribution in [1.82, 2.24) is 4.90 Å². The van der Waals surface area contributed by atoms with Crippen LogP contribution in [0.25, 0.3) is 0 Å². The number of ether oxygens (including phenoxy) is 2. The molecule has 4 heteroatoms. The number of halogens is 1. The topological polar surface area (TPSA) is 21.7 Å². The minimum Gasteiger partial charge on any atom is -0.487 e. The van der Waals surface area contributed by atoms with Gasteiger partial charge >= 0.3 is 0 Å². The van der Waals surface area contributed by atoms with Crippen LogP contribution >= 0.6 is 0 Å². The first-order valence-electron chi connectivity index (χ1n) is 7.56. The van der Waals surface area contributed by atoms with E-state index in [1.54, 1.807) is 6.07 Å². The highest BCUT2D eigenvalue weighted by Gasteiger charge is 2.21. The number of benzene rings is 2. The number of rotatable bonds is 4. The molecule has 1 aliphatic heterocycles. The van der Waals surface area contributed by atoms with Crippen molar-refractivity contribution in [3.8, 4) is 5.75 Å². The molecule has 0 spiro atoms. The van der Waals surface area contributed by atoms with E-state index in [4.69, 9.17) is 9.47 Å². The Labute approximate surface area is 130 Å². The molecular formula is C18H20FNO2. The highest BCUT2D eigenvalue weighted by atomic mass is 19.1. The van der Waals surface area contributed by atoms with Crippen LogP contribution in [0.5, 0.6) is 5.75 Å². The Morgan fingerprint density at radius 3 is 2.68 bits per heavy atom. The molecule has 0 radical (unpaired) electrons. The Morgan fingerprint density at radius 1 is 1.09 bits per heavy atom. The van der Waals surface area contributed by atoms with E-state index in [9.17, 15) is 4.39 Å². The molecule has 1 fully saturated rings. The summed E-state index contributed by atoms with van der Waals surface area (Å²) in [6.07, 6.45) is -0.0447. The molecule has 1 heterocycles. The maximum absolute atomic E-state index is 13.8. The van der Waals surface area contributed by atoms with Crippen LogP contribution in [0.15, 0.2) is 54.6 Å². The maximum atomic E-state index is 13.8. The van der Waals surface area contributed by atoms with Crippen molar-refractivity contribution in [3.05, 3.63) is 66.0 Å². The molecule has 1 aliphatic rings. The summed E-state index contributed by atoms with van der Waals surface area (Å²) in [7, 11) is 0. The van der Waals surface area contributed by atoms with E-state index in [1.165, 1.54) is 6.07 Å². The fourth-order valence-corrected chi connectivity index (χ4v) is 2.61. The van der Waals surface area contributed by atoms with Gasteiger partial charge in [0, 0.05) is 25.2 Å². The van der Waals surface area contributed by atoms with Crippen molar-refractivity contribution < 1.29 is 13.9 Å². The summed E-state index contributed by atoms with van der Waals surface area (Å²) in [5.74, 6) is 0.678. The fourth-order valence-electron chi connectivity index (χ4n) is 2.61. The van der Waals surface area contributed by atoms with Gasteiger partial charge in [0.25, 0.3) is 0 Å². The average molecular weight is 301 g/mol. The third-order valence-electron chi connectivity index (χ3n) is 3.72. The largest absolute Gasteiger partial charge is 0.487 e. The second kappa shape index (κ2) is 7.38. The van der Waals surface area contributed by atoms with E-state index in [1.807, 2.05) is 42.5 Å². The van der Waals surface area contributed by atoms with Crippen LogP contribution in [-0.2, 0) is 11.3 Å². The summed E-state index contributed by atoms with van der Waals surface area (Å²) >= 11 is 0. The summed E-state index contributed by atoms with van der Waals surface area (Å²) in [5, 5.41) is 0. The van der Waals surface area contributed by atoms with E-state index >= 15 is 0 Å². The molecule has 0 aromatic heterocycles. The van der Waals surface area contributed by atoms with E-state index in [-0.39, 0.29) is 11.9 Å². The van der Waals surface area contributed by atoms with Gasteiger partial charge in [0.05, 0.1) is 13.2 Å². The lowest BCUT2D eigenvalue weighted by Crippen LogP contribution is -2.35. The normalized spacial score (nSPS) is 19.6. The smallest absolute Gasteiger partial charge is 0.135 e. The first kappa shape index (κ1) is 15.0. The Bertz CT molecular complexity index is 591. The van der Waals surface area contributed by atoms with E-state index in [2.05, 4.69) is 4.90 Å². The van der Waals surface area contributed by atoms with Gasteiger partial charge in [-0.3, -0.25) is 4.90 Å². The molecule has 0 bridgehead atoms. The zero-order valence-corrected chi connectivity index (χ0v) is 12.5. The molecule has 1 unspecified atom stereocenters. The van der Waals surface area contributed by atoms with Crippen LogP contribution in [0.1, 0.15) is 5.56 Å². The highest BCUT2D eigenvalue weighted by Crippen LogP contribution is 2.16. The van der Waals surface area contributed by atoms with Crippen LogP contribution in [0.3, 0.4) is 0 Å². The lowest BCUT2D eigenvalue weighted by molar-refractivity contribution is 0.0710. The van der Waals surface area contributed by atoms with Gasteiger partial charge in [-0.2, -0.15) is 0 Å². The quantitative estimate of drug-likeness (QED) is 0.866. The van der Waals surface area contributed by atoms with Gasteiger partial charge in [0.1, 0.15) is 17.7 Å². The molecule has 2 aromatic carbocycles. The number of nitrogens with zero attached hydrogens (tertiary/aromatic N) is 1. The predicted molar refractivity (Wildman–Crippen MR) is 83.4 cm³/mol. The van der Waals surface area contributed by atoms with Crippen molar-refractivity contribution in [1.29, 1.82) is 0 Å². The zero-order chi connectivity index (χ0) is 15.2. The Morgan fingerprint density at radius 2 is 1.86 bits per heavy atom. The Kier molecular flexibility index (Phi) is 5.03. The van der Waals surface area contributed by atoms with Crippen molar-refractivity contribution in [2.75, 3.05) is 26.3 Å². The summed E-state index contributed by atoms with van der Waals surface area (Å²) < 4.78 is 25.4. The first-order chi connectivity index (χ1) is 10.8. The monoisotopic (exact) mass is 301 g/mol. The molecule has 0 N–H and O–H groups in total. The second-order valence-corrected chi connectivity index (χ2v) is 5.45. The van der Waals surface area contributed by atoms with Crippen molar-refractivity contribution >= 4 is 0 Å². The summed E-state index contributed by atoms with van der Waals surface area (Å²) in [6.45, 7) is 3.28. The van der Waals surface area contributed by atoms with E-state index < -0.39 is 0 Å². The van der Waals surface area contributed by atoms with Crippen LogP contribution in [0, 0.1) is 5.82 Å². The predicted octanol–water partition coefficient (Wildman–Crippen LogP) is 3.11. The molecule has 22 heavy (non-hydrogen) atoms. The molecule has 2 aromatic rings. The fraction of sp³-hybridized carbons (Fsp3) is 0.333. The molecular weight excluding hydrogens is 281 g/mol.